The molecule has 2 heterocycles. The van der Waals surface area contributed by atoms with E-state index in [2.05, 4.69) is 150 Å². The van der Waals surface area contributed by atoms with Crippen molar-refractivity contribution in [3.05, 3.63) is 182 Å². The quantitative estimate of drug-likeness (QED) is 0.184. The third-order valence-electron chi connectivity index (χ3n) is 9.07. The fraction of sp³-hybridized carbons (Fsp3) is 0. The van der Waals surface area contributed by atoms with Crippen LogP contribution in [-0.2, 0) is 0 Å². The molecule has 9 aromatic rings. The maximum Gasteiger partial charge on any atom is 0.164 e. The molecular weight excluding hydrogens is 597 g/mol. The van der Waals surface area contributed by atoms with Gasteiger partial charge in [0.2, 0.25) is 0 Å². The number of hydrogen-bond donors (Lipinski definition) is 0. The van der Waals surface area contributed by atoms with Crippen molar-refractivity contribution in [2.24, 2.45) is 0 Å². The smallest absolute Gasteiger partial charge is 0.164 e. The van der Waals surface area contributed by atoms with E-state index >= 15 is 0 Å². The van der Waals surface area contributed by atoms with Gasteiger partial charge in [-0.1, -0.05) is 158 Å². The highest BCUT2D eigenvalue weighted by Gasteiger charge is 2.16. The van der Waals surface area contributed by atoms with Crippen molar-refractivity contribution in [1.82, 2.24) is 19.5 Å². The SMILES string of the molecule is c1ccc(-c2cccc(-c3nc(-c4ccccc4)nc(-c4ccc(-c5ccccc5-n5c6ccccc6c6ccccc65)cc4)n3)c2)cc1. The van der Waals surface area contributed by atoms with E-state index < -0.39 is 0 Å². The van der Waals surface area contributed by atoms with Gasteiger partial charge in [-0.25, -0.2) is 15.0 Å². The van der Waals surface area contributed by atoms with Crippen molar-refractivity contribution >= 4 is 21.8 Å². The summed E-state index contributed by atoms with van der Waals surface area (Å²) in [5, 5.41) is 2.50. The van der Waals surface area contributed by atoms with Gasteiger partial charge in [0.25, 0.3) is 0 Å². The highest BCUT2D eigenvalue weighted by molar-refractivity contribution is 6.09. The lowest BCUT2D eigenvalue weighted by atomic mass is 10.0. The molecule has 230 valence electrons. The minimum absolute atomic E-state index is 0.635. The van der Waals surface area contributed by atoms with E-state index in [1.54, 1.807) is 0 Å². The molecular formula is C45H30N4. The van der Waals surface area contributed by atoms with Crippen molar-refractivity contribution in [3.63, 3.8) is 0 Å². The molecule has 7 aromatic carbocycles. The van der Waals surface area contributed by atoms with E-state index in [4.69, 9.17) is 15.0 Å². The van der Waals surface area contributed by atoms with Crippen LogP contribution >= 0.6 is 0 Å². The van der Waals surface area contributed by atoms with Crippen LogP contribution in [0.5, 0.6) is 0 Å². The number of para-hydroxylation sites is 3. The van der Waals surface area contributed by atoms with E-state index in [1.807, 2.05) is 36.4 Å². The number of hydrogen-bond acceptors (Lipinski definition) is 3. The lowest BCUT2D eigenvalue weighted by Gasteiger charge is -2.14. The fourth-order valence-electron chi connectivity index (χ4n) is 6.71. The molecule has 0 spiro atoms. The molecule has 0 atom stereocenters. The largest absolute Gasteiger partial charge is 0.309 e. The van der Waals surface area contributed by atoms with Crippen molar-refractivity contribution < 1.29 is 0 Å². The number of aromatic nitrogens is 4. The molecule has 0 aliphatic carbocycles. The van der Waals surface area contributed by atoms with Crippen LogP contribution in [0, 0.1) is 0 Å². The maximum absolute atomic E-state index is 5.04. The first-order chi connectivity index (χ1) is 24.3. The van der Waals surface area contributed by atoms with Crippen LogP contribution < -0.4 is 0 Å². The highest BCUT2D eigenvalue weighted by Crippen LogP contribution is 2.36. The topological polar surface area (TPSA) is 43.6 Å². The number of rotatable bonds is 6. The zero-order chi connectivity index (χ0) is 32.6. The van der Waals surface area contributed by atoms with E-state index in [9.17, 15) is 0 Å². The molecule has 0 radical (unpaired) electrons. The van der Waals surface area contributed by atoms with Crippen molar-refractivity contribution in [2.75, 3.05) is 0 Å². The molecule has 0 N–H and O–H groups in total. The van der Waals surface area contributed by atoms with Gasteiger partial charge in [0, 0.05) is 33.0 Å². The molecule has 4 heteroatoms. The van der Waals surface area contributed by atoms with Gasteiger partial charge >= 0.3 is 0 Å². The van der Waals surface area contributed by atoms with Crippen LogP contribution in [0.15, 0.2) is 182 Å². The average molecular weight is 627 g/mol. The summed E-state index contributed by atoms with van der Waals surface area (Å²) in [4.78, 5) is 15.0. The van der Waals surface area contributed by atoms with Crippen molar-refractivity contribution in [1.29, 1.82) is 0 Å². The third-order valence-corrected chi connectivity index (χ3v) is 9.07. The van der Waals surface area contributed by atoms with Crippen LogP contribution in [0.1, 0.15) is 0 Å². The third kappa shape index (κ3) is 5.26. The van der Waals surface area contributed by atoms with E-state index in [0.29, 0.717) is 17.5 Å². The predicted molar refractivity (Wildman–Crippen MR) is 201 cm³/mol. The van der Waals surface area contributed by atoms with E-state index in [0.717, 1.165) is 44.6 Å². The first-order valence-electron chi connectivity index (χ1n) is 16.5. The average Bonchev–Trinajstić information content (AvgIpc) is 3.53. The molecule has 0 aliphatic heterocycles. The lowest BCUT2D eigenvalue weighted by Crippen LogP contribution is -2.00. The Morgan fingerprint density at radius 2 is 0.755 bits per heavy atom. The zero-order valence-electron chi connectivity index (χ0n) is 26.6. The standard InChI is InChI=1S/C45H30N4/c1-3-14-31(15-4-1)35-18-13-19-36(30-35)45-47-43(33-16-5-2-6-17-33)46-44(48-45)34-28-26-32(27-29-34)37-20-7-10-23-40(37)49-41-24-11-8-21-38(41)39-22-9-12-25-42(39)49/h1-30H. The van der Waals surface area contributed by atoms with Crippen LogP contribution in [0.4, 0.5) is 0 Å². The Balaban J connectivity index is 1.15. The molecule has 0 amide bonds. The Morgan fingerprint density at radius 3 is 1.41 bits per heavy atom. The molecule has 0 saturated carbocycles. The Bertz CT molecular complexity index is 2530. The summed E-state index contributed by atoms with van der Waals surface area (Å²) in [5.74, 6) is 1.92. The van der Waals surface area contributed by atoms with Crippen LogP contribution in [0.2, 0.25) is 0 Å². The summed E-state index contributed by atoms with van der Waals surface area (Å²) in [7, 11) is 0. The highest BCUT2D eigenvalue weighted by atomic mass is 15.0. The van der Waals surface area contributed by atoms with Gasteiger partial charge in [-0.3, -0.25) is 0 Å². The predicted octanol–water partition coefficient (Wildman–Crippen LogP) is 11.3. The molecule has 0 aliphatic rings. The molecule has 2 aromatic heterocycles. The molecule has 9 rings (SSSR count). The van der Waals surface area contributed by atoms with Gasteiger partial charge in [0.15, 0.2) is 17.5 Å². The Labute approximate surface area is 284 Å². The zero-order valence-corrected chi connectivity index (χ0v) is 26.6. The molecule has 0 bridgehead atoms. The molecule has 4 nitrogen and oxygen atoms in total. The normalized spacial score (nSPS) is 11.3. The van der Waals surface area contributed by atoms with Gasteiger partial charge in [-0.2, -0.15) is 0 Å². The van der Waals surface area contributed by atoms with Gasteiger partial charge < -0.3 is 4.57 Å². The van der Waals surface area contributed by atoms with Gasteiger partial charge in [-0.05, 0) is 41.0 Å². The van der Waals surface area contributed by atoms with E-state index in [-0.39, 0.29) is 0 Å². The summed E-state index contributed by atoms with van der Waals surface area (Å²) in [6, 6.07) is 63.3. The van der Waals surface area contributed by atoms with Crippen LogP contribution in [0.25, 0.3) is 83.9 Å². The van der Waals surface area contributed by atoms with Gasteiger partial charge in [0.1, 0.15) is 0 Å². The van der Waals surface area contributed by atoms with Crippen molar-refractivity contribution in [3.8, 4) is 62.1 Å². The number of benzene rings is 7. The van der Waals surface area contributed by atoms with Gasteiger partial charge in [-0.15, -0.1) is 0 Å². The fourth-order valence-corrected chi connectivity index (χ4v) is 6.71. The monoisotopic (exact) mass is 626 g/mol. The Hall–Kier alpha value is -6.65. The molecule has 0 unspecified atom stereocenters. The molecule has 0 saturated heterocycles. The lowest BCUT2D eigenvalue weighted by molar-refractivity contribution is 1.07. The van der Waals surface area contributed by atoms with E-state index in [1.165, 1.54) is 21.8 Å². The second-order valence-corrected chi connectivity index (χ2v) is 12.1. The first-order valence-corrected chi connectivity index (χ1v) is 16.5. The van der Waals surface area contributed by atoms with Crippen LogP contribution in [0.3, 0.4) is 0 Å². The van der Waals surface area contributed by atoms with Gasteiger partial charge in [0.05, 0.1) is 16.7 Å². The summed E-state index contributed by atoms with van der Waals surface area (Å²) in [5.41, 5.74) is 10.9. The minimum Gasteiger partial charge on any atom is -0.309 e. The van der Waals surface area contributed by atoms with Crippen LogP contribution in [-0.4, -0.2) is 19.5 Å². The number of nitrogens with zero attached hydrogens (tertiary/aromatic N) is 4. The maximum atomic E-state index is 5.04. The summed E-state index contributed by atoms with van der Waals surface area (Å²) in [6.07, 6.45) is 0. The summed E-state index contributed by atoms with van der Waals surface area (Å²) >= 11 is 0. The number of fused-ring (bicyclic) bond motifs is 3. The Kier molecular flexibility index (Phi) is 7.10. The minimum atomic E-state index is 0.635. The molecule has 0 fully saturated rings. The summed E-state index contributed by atoms with van der Waals surface area (Å²) in [6.45, 7) is 0. The van der Waals surface area contributed by atoms with Crippen molar-refractivity contribution in [2.45, 2.75) is 0 Å². The first kappa shape index (κ1) is 28.6. The summed E-state index contributed by atoms with van der Waals surface area (Å²) < 4.78 is 2.38. The second kappa shape index (κ2) is 12.2. The molecule has 49 heavy (non-hydrogen) atoms. The second-order valence-electron chi connectivity index (χ2n) is 12.1. The Morgan fingerprint density at radius 1 is 0.306 bits per heavy atom.